The second-order valence-electron chi connectivity index (χ2n) is 4.99. The Kier molecular flexibility index (Phi) is 6.00. The number of halogens is 2. The molecule has 1 atom stereocenters. The van der Waals surface area contributed by atoms with Crippen LogP contribution in [0.5, 0.6) is 0 Å². The molecule has 0 bridgehead atoms. The average molecular weight is 307 g/mol. The van der Waals surface area contributed by atoms with E-state index in [4.69, 9.17) is 4.74 Å². The van der Waals surface area contributed by atoms with Gasteiger partial charge in [-0.05, 0) is 12.1 Å². The number of hydrogen-bond donors (Lipinski definition) is 2. The topological polar surface area (TPSA) is 41.5 Å². The molecule has 0 fully saturated rings. The zero-order chi connectivity index (χ0) is 15.9. The Morgan fingerprint density at radius 3 is 1.95 bits per heavy atom. The van der Waals surface area contributed by atoms with E-state index in [1.165, 1.54) is 19.2 Å². The normalized spacial score (nSPS) is 12.6. The van der Waals surface area contributed by atoms with Gasteiger partial charge in [0.05, 0.1) is 18.8 Å². The van der Waals surface area contributed by atoms with E-state index in [1.54, 1.807) is 36.4 Å². The molecule has 0 aliphatic heterocycles. The highest BCUT2D eigenvalue weighted by Crippen LogP contribution is 2.26. The lowest BCUT2D eigenvalue weighted by molar-refractivity contribution is 0.0633. The molecule has 0 aliphatic carbocycles. The van der Waals surface area contributed by atoms with E-state index < -0.39 is 23.8 Å². The molecule has 3 nitrogen and oxygen atoms in total. The average Bonchev–Trinajstić information content (AvgIpc) is 2.51. The van der Waals surface area contributed by atoms with Crippen molar-refractivity contribution in [3.8, 4) is 0 Å². The molecule has 118 valence electrons. The minimum absolute atomic E-state index is 0.147. The van der Waals surface area contributed by atoms with E-state index in [2.05, 4.69) is 5.32 Å². The first-order chi connectivity index (χ1) is 10.6. The maximum absolute atomic E-state index is 14.1. The second kappa shape index (κ2) is 7.98. The number of nitrogens with one attached hydrogen (secondary N) is 1. The summed E-state index contributed by atoms with van der Waals surface area (Å²) in [6.07, 6.45) is -0.758. The van der Waals surface area contributed by atoms with Crippen molar-refractivity contribution in [2.24, 2.45) is 0 Å². The van der Waals surface area contributed by atoms with Gasteiger partial charge in [-0.25, -0.2) is 8.78 Å². The minimum Gasteiger partial charge on any atom is -0.389 e. The molecule has 2 N–H and O–H groups in total. The molecule has 1 unspecified atom stereocenters. The third kappa shape index (κ3) is 4.10. The zero-order valence-corrected chi connectivity index (χ0v) is 12.3. The van der Waals surface area contributed by atoms with E-state index in [-0.39, 0.29) is 13.2 Å². The van der Waals surface area contributed by atoms with Crippen molar-refractivity contribution in [1.82, 2.24) is 5.32 Å². The number of hydrogen-bond acceptors (Lipinski definition) is 3. The highest BCUT2D eigenvalue weighted by molar-refractivity contribution is 5.33. The minimum atomic E-state index is -0.758. The van der Waals surface area contributed by atoms with Crippen LogP contribution in [0.3, 0.4) is 0 Å². The van der Waals surface area contributed by atoms with Gasteiger partial charge in [-0.3, -0.25) is 0 Å². The van der Waals surface area contributed by atoms with Gasteiger partial charge in [-0.15, -0.1) is 0 Å². The summed E-state index contributed by atoms with van der Waals surface area (Å²) in [4.78, 5) is 0. The summed E-state index contributed by atoms with van der Waals surface area (Å²) >= 11 is 0. The first-order valence-electron chi connectivity index (χ1n) is 7.02. The number of benzene rings is 2. The van der Waals surface area contributed by atoms with Crippen LogP contribution in [-0.4, -0.2) is 31.5 Å². The number of ether oxygens (including phenoxy) is 1. The molecule has 22 heavy (non-hydrogen) atoms. The van der Waals surface area contributed by atoms with Crippen LogP contribution >= 0.6 is 0 Å². The van der Waals surface area contributed by atoms with E-state index in [1.807, 2.05) is 0 Å². The van der Waals surface area contributed by atoms with Gasteiger partial charge >= 0.3 is 0 Å². The highest BCUT2D eigenvalue weighted by Gasteiger charge is 2.21. The van der Waals surface area contributed by atoms with E-state index in [9.17, 15) is 13.9 Å². The molecule has 0 amide bonds. The molecule has 0 aliphatic rings. The Balaban J connectivity index is 2.29. The Morgan fingerprint density at radius 2 is 1.50 bits per heavy atom. The molecular weight excluding hydrogens is 288 g/mol. The van der Waals surface area contributed by atoms with Crippen molar-refractivity contribution < 1.29 is 18.6 Å². The molecule has 2 rings (SSSR count). The maximum Gasteiger partial charge on any atom is 0.128 e. The maximum atomic E-state index is 14.1. The predicted molar refractivity (Wildman–Crippen MR) is 80.5 cm³/mol. The van der Waals surface area contributed by atoms with Crippen molar-refractivity contribution >= 4 is 0 Å². The summed E-state index contributed by atoms with van der Waals surface area (Å²) < 4.78 is 33.0. The van der Waals surface area contributed by atoms with Crippen LogP contribution in [-0.2, 0) is 4.74 Å². The fraction of sp³-hybridized carbons (Fsp3) is 0.294. The van der Waals surface area contributed by atoms with Gasteiger partial charge in [0.15, 0.2) is 0 Å². The monoisotopic (exact) mass is 307 g/mol. The van der Waals surface area contributed by atoms with Gasteiger partial charge in [0.25, 0.3) is 0 Å². The predicted octanol–water partition coefficient (Wildman–Crippen LogP) is 2.65. The Hall–Kier alpha value is -1.82. The molecule has 0 aromatic heterocycles. The Morgan fingerprint density at radius 1 is 1.00 bits per heavy atom. The smallest absolute Gasteiger partial charge is 0.128 e. The second-order valence-corrected chi connectivity index (χ2v) is 4.99. The van der Waals surface area contributed by atoms with Crippen molar-refractivity contribution in [3.63, 3.8) is 0 Å². The molecular formula is C17H19F2NO2. The molecule has 5 heteroatoms. The van der Waals surface area contributed by atoms with E-state index >= 15 is 0 Å². The summed E-state index contributed by atoms with van der Waals surface area (Å²) in [6, 6.07) is 11.7. The van der Waals surface area contributed by atoms with Crippen molar-refractivity contribution in [1.29, 1.82) is 0 Å². The van der Waals surface area contributed by atoms with Crippen molar-refractivity contribution in [2.75, 3.05) is 20.3 Å². The first kappa shape index (κ1) is 16.5. The van der Waals surface area contributed by atoms with Gasteiger partial charge in [-0.1, -0.05) is 36.4 Å². The van der Waals surface area contributed by atoms with Gasteiger partial charge in [0.1, 0.15) is 11.6 Å². The van der Waals surface area contributed by atoms with Crippen LogP contribution < -0.4 is 5.32 Å². The third-order valence-electron chi connectivity index (χ3n) is 3.35. The van der Waals surface area contributed by atoms with Crippen LogP contribution in [0.15, 0.2) is 48.5 Å². The van der Waals surface area contributed by atoms with E-state index in [0.717, 1.165) is 0 Å². The summed E-state index contributed by atoms with van der Waals surface area (Å²) in [5.41, 5.74) is 0.662. The fourth-order valence-electron chi connectivity index (χ4n) is 2.31. The molecule has 0 spiro atoms. The molecule has 2 aromatic rings. The molecule has 0 saturated heterocycles. The summed E-state index contributed by atoms with van der Waals surface area (Å²) in [5, 5.41) is 12.8. The van der Waals surface area contributed by atoms with Crippen LogP contribution in [0.2, 0.25) is 0 Å². The molecule has 2 aromatic carbocycles. The number of aliphatic hydroxyl groups is 1. The fourth-order valence-corrected chi connectivity index (χ4v) is 2.31. The van der Waals surface area contributed by atoms with Gasteiger partial charge < -0.3 is 15.2 Å². The quantitative estimate of drug-likeness (QED) is 0.826. The lowest BCUT2D eigenvalue weighted by Gasteiger charge is -2.22. The lowest BCUT2D eigenvalue weighted by Crippen LogP contribution is -2.34. The number of aliphatic hydroxyl groups excluding tert-OH is 1. The first-order valence-corrected chi connectivity index (χ1v) is 7.02. The van der Waals surface area contributed by atoms with Crippen LogP contribution in [0.4, 0.5) is 8.78 Å². The van der Waals surface area contributed by atoms with Crippen LogP contribution in [0, 0.1) is 11.6 Å². The number of rotatable bonds is 7. The summed E-state index contributed by atoms with van der Waals surface area (Å²) in [7, 11) is 1.48. The third-order valence-corrected chi connectivity index (χ3v) is 3.35. The SMILES string of the molecule is COCC(O)CNC(c1ccccc1F)c1ccccc1F. The van der Waals surface area contributed by atoms with Gasteiger partial charge in [0.2, 0.25) is 0 Å². The van der Waals surface area contributed by atoms with Crippen molar-refractivity contribution in [2.45, 2.75) is 12.1 Å². The summed E-state index contributed by atoms with van der Waals surface area (Å²) in [5.74, 6) is -0.853. The summed E-state index contributed by atoms with van der Waals surface area (Å²) in [6.45, 7) is 0.301. The zero-order valence-electron chi connectivity index (χ0n) is 12.3. The lowest BCUT2D eigenvalue weighted by atomic mass is 9.97. The van der Waals surface area contributed by atoms with Crippen LogP contribution in [0.1, 0.15) is 17.2 Å². The molecule has 0 radical (unpaired) electrons. The van der Waals surface area contributed by atoms with Crippen molar-refractivity contribution in [3.05, 3.63) is 71.3 Å². The molecule has 0 saturated carbocycles. The van der Waals surface area contributed by atoms with E-state index in [0.29, 0.717) is 11.1 Å². The number of methoxy groups -OCH3 is 1. The Labute approximate surface area is 128 Å². The largest absolute Gasteiger partial charge is 0.389 e. The Bertz CT molecular complexity index is 561. The van der Waals surface area contributed by atoms with Gasteiger partial charge in [0, 0.05) is 24.8 Å². The standard InChI is InChI=1S/C17H19F2NO2/c1-22-11-12(21)10-20-17(13-6-2-4-8-15(13)18)14-7-3-5-9-16(14)19/h2-9,12,17,20-21H,10-11H2,1H3. The molecule has 0 heterocycles. The highest BCUT2D eigenvalue weighted by atomic mass is 19.1. The van der Waals surface area contributed by atoms with Gasteiger partial charge in [-0.2, -0.15) is 0 Å². The van der Waals surface area contributed by atoms with Crippen LogP contribution in [0.25, 0.3) is 0 Å².